The van der Waals surface area contributed by atoms with Crippen molar-refractivity contribution in [1.29, 1.82) is 0 Å². The van der Waals surface area contributed by atoms with Crippen molar-refractivity contribution in [2.75, 3.05) is 0 Å². The molecule has 2 aromatic carbocycles. The van der Waals surface area contributed by atoms with Crippen molar-refractivity contribution in [2.45, 2.75) is 13.8 Å². The van der Waals surface area contributed by atoms with Gasteiger partial charge in [0.25, 0.3) is 0 Å². The lowest BCUT2D eigenvalue weighted by Gasteiger charge is -2.03. The van der Waals surface area contributed by atoms with Gasteiger partial charge in [-0.05, 0) is 23.8 Å². The molecule has 3 rings (SSSR count). The summed E-state index contributed by atoms with van der Waals surface area (Å²) in [6.45, 7) is 3.16. The Kier molecular flexibility index (Phi) is 2.99. The van der Waals surface area contributed by atoms with Crippen LogP contribution in [-0.4, -0.2) is 16.7 Å². The average molecular weight is 266 g/mol. The first-order valence-electron chi connectivity index (χ1n) is 6.38. The molecule has 100 valence electrons. The van der Waals surface area contributed by atoms with Gasteiger partial charge in [0.1, 0.15) is 0 Å². The summed E-state index contributed by atoms with van der Waals surface area (Å²) >= 11 is 0. The monoisotopic (exact) mass is 266 g/mol. The van der Waals surface area contributed by atoms with Gasteiger partial charge in [0.2, 0.25) is 0 Å². The van der Waals surface area contributed by atoms with E-state index in [9.17, 15) is 4.79 Å². The van der Waals surface area contributed by atoms with Crippen LogP contribution in [0.15, 0.2) is 47.8 Å². The summed E-state index contributed by atoms with van der Waals surface area (Å²) in [5.74, 6) is -0.422. The van der Waals surface area contributed by atoms with Crippen LogP contribution >= 0.6 is 0 Å². The Morgan fingerprint density at radius 2 is 1.95 bits per heavy atom. The Hall–Kier alpha value is -2.62. The van der Waals surface area contributed by atoms with Crippen LogP contribution in [0, 0.1) is 0 Å². The molecule has 0 atom stereocenters. The van der Waals surface area contributed by atoms with E-state index < -0.39 is 5.97 Å². The summed E-state index contributed by atoms with van der Waals surface area (Å²) in [6.07, 6.45) is 1.89. The van der Waals surface area contributed by atoms with E-state index >= 15 is 0 Å². The fraction of sp³-hybridized carbons (Fsp3) is 0.125. The third kappa shape index (κ3) is 2.05. The van der Waals surface area contributed by atoms with Gasteiger partial charge < -0.3 is 9.82 Å². The van der Waals surface area contributed by atoms with E-state index in [-0.39, 0.29) is 0 Å². The number of nitrogens with zero attached hydrogens (tertiary/aromatic N) is 1. The second kappa shape index (κ2) is 4.81. The van der Waals surface area contributed by atoms with Gasteiger partial charge in [0.05, 0.1) is 5.71 Å². The third-order valence-corrected chi connectivity index (χ3v) is 3.27. The van der Waals surface area contributed by atoms with Crippen LogP contribution in [0.2, 0.25) is 0 Å². The molecule has 1 heterocycles. The maximum atomic E-state index is 10.9. The first-order chi connectivity index (χ1) is 9.66. The summed E-state index contributed by atoms with van der Waals surface area (Å²) in [7, 11) is 0. The van der Waals surface area contributed by atoms with Crippen molar-refractivity contribution in [3.8, 4) is 0 Å². The van der Waals surface area contributed by atoms with Gasteiger partial charge in [0.15, 0.2) is 0 Å². The predicted octanol–water partition coefficient (Wildman–Crippen LogP) is 3.61. The number of aromatic amines is 1. The molecule has 4 nitrogen and oxygen atoms in total. The molecule has 4 heteroatoms. The van der Waals surface area contributed by atoms with Gasteiger partial charge in [-0.2, -0.15) is 0 Å². The summed E-state index contributed by atoms with van der Waals surface area (Å²) in [5, 5.41) is 7.28. The number of carbonyl (C=O) groups is 1. The first kappa shape index (κ1) is 12.4. The van der Waals surface area contributed by atoms with Crippen molar-refractivity contribution >= 4 is 33.4 Å². The zero-order chi connectivity index (χ0) is 14.1. The van der Waals surface area contributed by atoms with E-state index in [4.69, 9.17) is 4.84 Å². The largest absolute Gasteiger partial charge is 0.360 e. The SMILES string of the molecule is CC(=O)O/N=C(\C)c1c[nH]c2ccc3ccccc3c12. The van der Waals surface area contributed by atoms with E-state index in [1.165, 1.54) is 12.3 Å². The van der Waals surface area contributed by atoms with Gasteiger partial charge in [-0.3, -0.25) is 0 Å². The van der Waals surface area contributed by atoms with E-state index in [1.807, 2.05) is 31.3 Å². The number of hydrogen-bond acceptors (Lipinski definition) is 3. The summed E-state index contributed by atoms with van der Waals surface area (Å²) in [5.41, 5.74) is 2.65. The molecule has 0 aliphatic carbocycles. The number of carbonyl (C=O) groups excluding carboxylic acids is 1. The minimum absolute atomic E-state index is 0.422. The maximum absolute atomic E-state index is 10.9. The Morgan fingerprint density at radius 1 is 1.15 bits per heavy atom. The van der Waals surface area contributed by atoms with Crippen LogP contribution in [-0.2, 0) is 9.63 Å². The highest BCUT2D eigenvalue weighted by molar-refractivity contribution is 6.18. The molecule has 0 unspecified atom stereocenters. The van der Waals surface area contributed by atoms with Crippen LogP contribution in [0.25, 0.3) is 21.7 Å². The highest BCUT2D eigenvalue weighted by atomic mass is 16.7. The highest BCUT2D eigenvalue weighted by Crippen LogP contribution is 2.28. The lowest BCUT2D eigenvalue weighted by molar-refractivity contribution is -0.140. The molecular formula is C16H14N2O2. The van der Waals surface area contributed by atoms with E-state index in [2.05, 4.69) is 28.3 Å². The fourth-order valence-corrected chi connectivity index (χ4v) is 2.37. The number of aromatic nitrogens is 1. The molecule has 1 aromatic heterocycles. The molecule has 0 spiro atoms. The molecular weight excluding hydrogens is 252 g/mol. The van der Waals surface area contributed by atoms with Gasteiger partial charge in [-0.15, -0.1) is 0 Å². The topological polar surface area (TPSA) is 54.4 Å². The molecule has 0 bridgehead atoms. The molecule has 0 saturated heterocycles. The minimum Gasteiger partial charge on any atom is -0.360 e. The molecule has 0 amide bonds. The van der Waals surface area contributed by atoms with Crippen molar-refractivity contribution < 1.29 is 9.63 Å². The van der Waals surface area contributed by atoms with Crippen molar-refractivity contribution in [2.24, 2.45) is 5.16 Å². The van der Waals surface area contributed by atoms with Crippen molar-refractivity contribution in [3.05, 3.63) is 48.2 Å². The maximum Gasteiger partial charge on any atom is 0.331 e. The van der Waals surface area contributed by atoms with Gasteiger partial charge >= 0.3 is 5.97 Å². The molecule has 0 radical (unpaired) electrons. The quantitative estimate of drug-likeness (QED) is 0.437. The zero-order valence-corrected chi connectivity index (χ0v) is 11.3. The summed E-state index contributed by atoms with van der Waals surface area (Å²) < 4.78 is 0. The number of hydrogen-bond donors (Lipinski definition) is 1. The number of rotatable bonds is 2. The second-order valence-corrected chi connectivity index (χ2v) is 4.67. The van der Waals surface area contributed by atoms with Gasteiger partial charge in [-0.25, -0.2) is 4.79 Å². The Balaban J connectivity index is 2.24. The Morgan fingerprint density at radius 3 is 2.75 bits per heavy atom. The standard InChI is InChI=1S/C16H14N2O2/c1-10(18-20-11(2)19)14-9-17-15-8-7-12-5-3-4-6-13(12)16(14)15/h3-9,17H,1-2H3/b18-10+. The van der Waals surface area contributed by atoms with Crippen LogP contribution in [0.5, 0.6) is 0 Å². The minimum atomic E-state index is -0.422. The van der Waals surface area contributed by atoms with Crippen LogP contribution in [0.3, 0.4) is 0 Å². The average Bonchev–Trinajstić information content (AvgIpc) is 2.89. The van der Waals surface area contributed by atoms with E-state index in [1.54, 1.807) is 0 Å². The summed E-state index contributed by atoms with van der Waals surface area (Å²) in [6, 6.07) is 12.3. The molecule has 0 aliphatic heterocycles. The molecule has 3 aromatic rings. The van der Waals surface area contributed by atoms with Crippen LogP contribution in [0.4, 0.5) is 0 Å². The van der Waals surface area contributed by atoms with Gasteiger partial charge in [-0.1, -0.05) is 35.5 Å². The number of H-pyrrole nitrogens is 1. The molecule has 0 fully saturated rings. The van der Waals surface area contributed by atoms with Crippen molar-refractivity contribution in [1.82, 2.24) is 4.98 Å². The smallest absolute Gasteiger partial charge is 0.331 e. The van der Waals surface area contributed by atoms with E-state index in [0.29, 0.717) is 5.71 Å². The second-order valence-electron chi connectivity index (χ2n) is 4.67. The highest BCUT2D eigenvalue weighted by Gasteiger charge is 2.10. The Labute approximate surface area is 116 Å². The number of nitrogens with one attached hydrogen (secondary N) is 1. The lowest BCUT2D eigenvalue weighted by atomic mass is 10.0. The molecule has 1 N–H and O–H groups in total. The fourth-order valence-electron chi connectivity index (χ4n) is 2.37. The predicted molar refractivity (Wildman–Crippen MR) is 79.8 cm³/mol. The van der Waals surface area contributed by atoms with E-state index in [0.717, 1.165) is 21.9 Å². The van der Waals surface area contributed by atoms with Crippen molar-refractivity contribution in [3.63, 3.8) is 0 Å². The zero-order valence-electron chi connectivity index (χ0n) is 11.3. The van der Waals surface area contributed by atoms with Crippen LogP contribution < -0.4 is 0 Å². The molecule has 0 saturated carbocycles. The Bertz CT molecular complexity index is 831. The summed E-state index contributed by atoms with van der Waals surface area (Å²) in [4.78, 5) is 18.8. The molecule has 20 heavy (non-hydrogen) atoms. The number of oxime groups is 1. The molecule has 0 aliphatic rings. The van der Waals surface area contributed by atoms with Crippen LogP contribution in [0.1, 0.15) is 19.4 Å². The lowest BCUT2D eigenvalue weighted by Crippen LogP contribution is -1.98. The third-order valence-electron chi connectivity index (χ3n) is 3.27. The normalized spacial score (nSPS) is 12.0. The van der Waals surface area contributed by atoms with Gasteiger partial charge in [0, 0.05) is 29.6 Å². The number of fused-ring (bicyclic) bond motifs is 3. The number of benzene rings is 2. The first-order valence-corrected chi connectivity index (χ1v) is 6.38.